The van der Waals surface area contributed by atoms with Crippen LogP contribution in [0.1, 0.15) is 39.5 Å². The Morgan fingerprint density at radius 3 is 2.36 bits per heavy atom. The van der Waals surface area contributed by atoms with Crippen molar-refractivity contribution in [2.75, 3.05) is 6.54 Å². The van der Waals surface area contributed by atoms with Gasteiger partial charge in [-0.05, 0) is 12.8 Å². The lowest BCUT2D eigenvalue weighted by atomic mass is 10.0. The average Bonchev–Trinajstić information content (AvgIpc) is 2.16. The van der Waals surface area contributed by atoms with Gasteiger partial charge in [0.05, 0.1) is 0 Å². The van der Waals surface area contributed by atoms with Gasteiger partial charge in [-0.2, -0.15) is 0 Å². The van der Waals surface area contributed by atoms with E-state index in [2.05, 4.69) is 6.92 Å². The number of hydrogen-bond donors (Lipinski definition) is 3. The van der Waals surface area contributed by atoms with Crippen LogP contribution in [0.2, 0.25) is 0 Å². The monoisotopic (exact) mass is 203 g/mol. The number of aliphatic carboxylic acids is 1. The number of nitrogens with two attached hydrogens (primary N) is 2. The maximum absolute atomic E-state index is 11.0. The van der Waals surface area contributed by atoms with E-state index in [1.165, 1.54) is 5.01 Å². The molecule has 1 atom stereocenters. The Morgan fingerprint density at radius 1 is 1.43 bits per heavy atom. The van der Waals surface area contributed by atoms with Crippen LogP contribution in [0.5, 0.6) is 0 Å². The van der Waals surface area contributed by atoms with Gasteiger partial charge in [0.15, 0.2) is 5.66 Å². The summed E-state index contributed by atoms with van der Waals surface area (Å²) >= 11 is 0. The van der Waals surface area contributed by atoms with Crippen molar-refractivity contribution < 1.29 is 9.90 Å². The minimum atomic E-state index is -1.41. The highest BCUT2D eigenvalue weighted by molar-refractivity contribution is 5.77. The van der Waals surface area contributed by atoms with Crippen LogP contribution in [0.4, 0.5) is 0 Å². The molecule has 84 valence electrons. The average molecular weight is 203 g/mol. The Kier molecular flexibility index (Phi) is 5.68. The molecule has 0 spiro atoms. The maximum Gasteiger partial charge on any atom is 0.340 e. The highest BCUT2D eigenvalue weighted by Crippen LogP contribution is 2.15. The van der Waals surface area contributed by atoms with Crippen molar-refractivity contribution >= 4 is 5.97 Å². The van der Waals surface area contributed by atoms with Crippen LogP contribution >= 0.6 is 0 Å². The highest BCUT2D eigenvalue weighted by Gasteiger charge is 2.37. The van der Waals surface area contributed by atoms with E-state index in [0.717, 1.165) is 19.3 Å². The first kappa shape index (κ1) is 13.4. The maximum atomic E-state index is 11.0. The number of carboxylic acids is 1. The third-order valence-electron chi connectivity index (χ3n) is 2.39. The molecule has 0 bridgehead atoms. The van der Waals surface area contributed by atoms with Crippen molar-refractivity contribution in [1.29, 1.82) is 0 Å². The number of carbonyl (C=O) groups is 1. The fraction of sp³-hybridized carbons (Fsp3) is 0.889. The van der Waals surface area contributed by atoms with E-state index < -0.39 is 11.6 Å². The second-order valence-corrected chi connectivity index (χ2v) is 3.47. The van der Waals surface area contributed by atoms with Gasteiger partial charge in [0.25, 0.3) is 0 Å². The summed E-state index contributed by atoms with van der Waals surface area (Å²) in [4.78, 5) is 11.0. The van der Waals surface area contributed by atoms with Gasteiger partial charge in [-0.1, -0.05) is 26.7 Å². The molecule has 0 saturated carbocycles. The first-order valence-electron chi connectivity index (χ1n) is 5.03. The molecule has 0 amide bonds. The van der Waals surface area contributed by atoms with Gasteiger partial charge in [0, 0.05) is 6.54 Å². The second-order valence-electron chi connectivity index (χ2n) is 3.47. The number of unbranched alkanes of at least 4 members (excludes halogenated alkanes) is 2. The largest absolute Gasteiger partial charge is 0.479 e. The number of hydrogen-bond acceptors (Lipinski definition) is 4. The van der Waals surface area contributed by atoms with Crippen LogP contribution in [0.15, 0.2) is 0 Å². The molecule has 0 aromatic rings. The molecular formula is C9H21N3O2. The fourth-order valence-electron chi connectivity index (χ4n) is 1.30. The number of likely N-dealkylation sites (N-methyl/N-ethyl adjacent to an activating group) is 1. The molecule has 0 radical (unpaired) electrons. The molecule has 0 unspecified atom stereocenters. The summed E-state index contributed by atoms with van der Waals surface area (Å²) in [5.74, 6) is 4.50. The summed E-state index contributed by atoms with van der Waals surface area (Å²) in [6.45, 7) is 4.26. The lowest BCUT2D eigenvalue weighted by Gasteiger charge is -2.33. The molecule has 0 saturated heterocycles. The van der Waals surface area contributed by atoms with E-state index in [9.17, 15) is 4.79 Å². The minimum Gasteiger partial charge on any atom is -0.479 e. The third-order valence-corrected chi connectivity index (χ3v) is 2.39. The number of rotatable bonds is 7. The van der Waals surface area contributed by atoms with Crippen LogP contribution in [-0.4, -0.2) is 28.3 Å². The van der Waals surface area contributed by atoms with Crippen molar-refractivity contribution in [3.8, 4) is 0 Å². The van der Waals surface area contributed by atoms with E-state index in [1.54, 1.807) is 6.92 Å². The Morgan fingerprint density at radius 2 is 2.00 bits per heavy atom. The Labute approximate surface area is 85.0 Å². The predicted octanol–water partition coefficient (Wildman–Crippen LogP) is 0.502. The zero-order valence-corrected chi connectivity index (χ0v) is 8.99. The van der Waals surface area contributed by atoms with Gasteiger partial charge >= 0.3 is 5.97 Å². The van der Waals surface area contributed by atoms with Crippen molar-refractivity contribution in [2.45, 2.75) is 45.2 Å². The molecule has 0 aromatic heterocycles. The standard InChI is InChI=1S/C9H21N3O2/c1-3-5-6-7-9(10,8(13)14)12(11)4-2/h3-7,10-11H2,1-2H3,(H,13,14)/t9-/m1/s1. The van der Waals surface area contributed by atoms with Gasteiger partial charge in [0.2, 0.25) is 0 Å². The Balaban J connectivity index is 4.32. The minimum absolute atomic E-state index is 0.389. The van der Waals surface area contributed by atoms with Gasteiger partial charge in [-0.3, -0.25) is 5.84 Å². The van der Waals surface area contributed by atoms with Gasteiger partial charge < -0.3 is 10.8 Å². The quantitative estimate of drug-likeness (QED) is 0.242. The summed E-state index contributed by atoms with van der Waals surface area (Å²) in [7, 11) is 0. The second kappa shape index (κ2) is 5.95. The molecule has 5 N–H and O–H groups in total. The van der Waals surface area contributed by atoms with E-state index in [4.69, 9.17) is 16.7 Å². The van der Waals surface area contributed by atoms with Crippen LogP contribution in [0.3, 0.4) is 0 Å². The highest BCUT2D eigenvalue weighted by atomic mass is 16.4. The molecule has 0 fully saturated rings. The third kappa shape index (κ3) is 3.25. The zero-order valence-electron chi connectivity index (χ0n) is 8.99. The van der Waals surface area contributed by atoms with E-state index >= 15 is 0 Å². The van der Waals surface area contributed by atoms with Crippen molar-refractivity contribution in [3.05, 3.63) is 0 Å². The molecule has 0 aliphatic carbocycles. The SMILES string of the molecule is CCCCC[C@](N)(C(=O)O)N(N)CC. The Hall–Kier alpha value is -0.650. The molecule has 0 heterocycles. The first-order valence-corrected chi connectivity index (χ1v) is 5.03. The summed E-state index contributed by atoms with van der Waals surface area (Å²) in [6.07, 6.45) is 3.18. The predicted molar refractivity (Wildman–Crippen MR) is 55.3 cm³/mol. The number of carboxylic acid groups (broad SMARTS) is 1. The lowest BCUT2D eigenvalue weighted by molar-refractivity contribution is -0.152. The first-order chi connectivity index (χ1) is 6.49. The van der Waals surface area contributed by atoms with Gasteiger partial charge in [-0.25, -0.2) is 9.80 Å². The molecule has 14 heavy (non-hydrogen) atoms. The van der Waals surface area contributed by atoms with Crippen LogP contribution in [0.25, 0.3) is 0 Å². The van der Waals surface area contributed by atoms with Crippen molar-refractivity contribution in [1.82, 2.24) is 5.01 Å². The van der Waals surface area contributed by atoms with Crippen molar-refractivity contribution in [2.24, 2.45) is 11.6 Å². The molecule has 5 heteroatoms. The van der Waals surface area contributed by atoms with Crippen LogP contribution in [0, 0.1) is 0 Å². The van der Waals surface area contributed by atoms with Crippen molar-refractivity contribution in [3.63, 3.8) is 0 Å². The summed E-state index contributed by atoms with van der Waals surface area (Å²) in [5.41, 5.74) is 4.32. The molecule has 0 aliphatic rings. The van der Waals surface area contributed by atoms with Crippen LogP contribution in [-0.2, 0) is 4.79 Å². The summed E-state index contributed by atoms with van der Waals surface area (Å²) in [6, 6.07) is 0. The zero-order chi connectivity index (χ0) is 11.2. The van der Waals surface area contributed by atoms with E-state index in [0.29, 0.717) is 13.0 Å². The molecule has 0 aliphatic heterocycles. The van der Waals surface area contributed by atoms with Gasteiger partial charge in [0.1, 0.15) is 0 Å². The number of nitrogens with zero attached hydrogens (tertiary/aromatic N) is 1. The molecular weight excluding hydrogens is 182 g/mol. The van der Waals surface area contributed by atoms with Crippen LogP contribution < -0.4 is 11.6 Å². The Bertz CT molecular complexity index is 187. The van der Waals surface area contributed by atoms with E-state index in [-0.39, 0.29) is 0 Å². The molecule has 5 nitrogen and oxygen atoms in total. The lowest BCUT2D eigenvalue weighted by Crippen LogP contribution is -2.64. The summed E-state index contributed by atoms with van der Waals surface area (Å²) in [5, 5.41) is 10.2. The topological polar surface area (TPSA) is 92.6 Å². The number of hydrazine groups is 1. The van der Waals surface area contributed by atoms with E-state index in [1.807, 2.05) is 0 Å². The van der Waals surface area contributed by atoms with Gasteiger partial charge in [-0.15, -0.1) is 0 Å². The normalized spacial score (nSPS) is 15.5. The molecule has 0 aromatic carbocycles. The fourth-order valence-corrected chi connectivity index (χ4v) is 1.30. The molecule has 0 rings (SSSR count). The smallest absolute Gasteiger partial charge is 0.340 e. The summed E-state index contributed by atoms with van der Waals surface area (Å²) < 4.78 is 0.